The maximum absolute atomic E-state index is 13.0. The van der Waals surface area contributed by atoms with Crippen molar-refractivity contribution in [2.75, 3.05) is 0 Å². The third-order valence-corrected chi connectivity index (χ3v) is 4.53. The second-order valence-corrected chi connectivity index (χ2v) is 6.37. The SMILES string of the molecule is CCCn1c(=O)c2ccccc2n(C(CC)C(=O)NC(C)CC)c1=O. The van der Waals surface area contributed by atoms with Crippen molar-refractivity contribution >= 4 is 16.8 Å². The van der Waals surface area contributed by atoms with Crippen LogP contribution < -0.4 is 16.6 Å². The minimum atomic E-state index is -0.643. The molecule has 0 spiro atoms. The Morgan fingerprint density at radius 2 is 1.80 bits per heavy atom. The van der Waals surface area contributed by atoms with Gasteiger partial charge in [0, 0.05) is 12.6 Å². The topological polar surface area (TPSA) is 73.1 Å². The first-order valence-electron chi connectivity index (χ1n) is 9.00. The highest BCUT2D eigenvalue weighted by Gasteiger charge is 2.24. The average Bonchev–Trinajstić information content (AvgIpc) is 2.61. The van der Waals surface area contributed by atoms with Crippen LogP contribution in [0.3, 0.4) is 0 Å². The molecule has 1 aromatic heterocycles. The van der Waals surface area contributed by atoms with Crippen molar-refractivity contribution in [3.8, 4) is 0 Å². The molecule has 2 unspecified atom stereocenters. The molecule has 0 aliphatic heterocycles. The fourth-order valence-electron chi connectivity index (χ4n) is 2.98. The molecule has 0 saturated carbocycles. The van der Waals surface area contributed by atoms with E-state index in [4.69, 9.17) is 0 Å². The number of fused-ring (bicyclic) bond motifs is 1. The Hall–Kier alpha value is -2.37. The van der Waals surface area contributed by atoms with Gasteiger partial charge in [0.1, 0.15) is 6.04 Å². The lowest BCUT2D eigenvalue weighted by atomic mass is 10.1. The van der Waals surface area contributed by atoms with Crippen molar-refractivity contribution in [2.24, 2.45) is 0 Å². The quantitative estimate of drug-likeness (QED) is 0.838. The second-order valence-electron chi connectivity index (χ2n) is 6.37. The molecule has 2 atom stereocenters. The fraction of sp³-hybridized carbons (Fsp3) is 0.526. The number of carbonyl (C=O) groups excluding carboxylic acids is 1. The van der Waals surface area contributed by atoms with Gasteiger partial charge in [-0.05, 0) is 38.3 Å². The summed E-state index contributed by atoms with van der Waals surface area (Å²) < 4.78 is 2.71. The van der Waals surface area contributed by atoms with Crippen molar-refractivity contribution in [2.45, 2.75) is 65.6 Å². The molecule has 1 amide bonds. The number of carbonyl (C=O) groups is 1. The summed E-state index contributed by atoms with van der Waals surface area (Å²) in [5.41, 5.74) is -0.205. The third kappa shape index (κ3) is 3.67. The molecule has 0 fully saturated rings. The first-order valence-corrected chi connectivity index (χ1v) is 9.00. The monoisotopic (exact) mass is 345 g/mol. The molecule has 0 radical (unpaired) electrons. The summed E-state index contributed by atoms with van der Waals surface area (Å²) in [6, 6.07) is 6.38. The lowest BCUT2D eigenvalue weighted by Gasteiger charge is -2.23. The van der Waals surface area contributed by atoms with Crippen molar-refractivity contribution in [3.05, 3.63) is 45.1 Å². The Balaban J connectivity index is 2.72. The number of nitrogens with one attached hydrogen (secondary N) is 1. The third-order valence-electron chi connectivity index (χ3n) is 4.53. The van der Waals surface area contributed by atoms with Crippen molar-refractivity contribution < 1.29 is 4.79 Å². The molecular formula is C19H27N3O3. The summed E-state index contributed by atoms with van der Waals surface area (Å²) in [5.74, 6) is -0.189. The van der Waals surface area contributed by atoms with Gasteiger partial charge >= 0.3 is 5.69 Å². The summed E-state index contributed by atoms with van der Waals surface area (Å²) in [6.07, 6.45) is 1.95. The number of hydrogen-bond acceptors (Lipinski definition) is 3. The van der Waals surface area contributed by atoms with Gasteiger partial charge in [0.05, 0.1) is 10.9 Å². The van der Waals surface area contributed by atoms with E-state index in [-0.39, 0.29) is 17.5 Å². The second kappa shape index (κ2) is 8.14. The smallest absolute Gasteiger partial charge is 0.332 e. The summed E-state index contributed by atoms with van der Waals surface area (Å²) >= 11 is 0. The number of para-hydroxylation sites is 1. The highest BCUT2D eigenvalue weighted by atomic mass is 16.2. The molecule has 2 aromatic rings. The first kappa shape index (κ1) is 19.0. The van der Waals surface area contributed by atoms with Gasteiger partial charge in [-0.3, -0.25) is 18.7 Å². The molecule has 6 heteroatoms. The van der Waals surface area contributed by atoms with Crippen LogP contribution >= 0.6 is 0 Å². The van der Waals surface area contributed by atoms with Crippen molar-refractivity contribution in [1.82, 2.24) is 14.5 Å². The highest BCUT2D eigenvalue weighted by molar-refractivity contribution is 5.84. The highest BCUT2D eigenvalue weighted by Crippen LogP contribution is 2.17. The summed E-state index contributed by atoms with van der Waals surface area (Å²) in [7, 11) is 0. The van der Waals surface area contributed by atoms with Gasteiger partial charge in [-0.1, -0.05) is 32.9 Å². The Kier molecular flexibility index (Phi) is 6.17. The van der Waals surface area contributed by atoms with Crippen LogP contribution in [0.15, 0.2) is 33.9 Å². The van der Waals surface area contributed by atoms with Crippen LogP contribution in [0.5, 0.6) is 0 Å². The van der Waals surface area contributed by atoms with Crippen LogP contribution in [-0.2, 0) is 11.3 Å². The lowest BCUT2D eigenvalue weighted by molar-refractivity contribution is -0.125. The minimum Gasteiger partial charge on any atom is -0.352 e. The minimum absolute atomic E-state index is 0.0325. The Morgan fingerprint density at radius 3 is 2.40 bits per heavy atom. The van der Waals surface area contributed by atoms with Crippen LogP contribution in [0.4, 0.5) is 0 Å². The van der Waals surface area contributed by atoms with Crippen molar-refractivity contribution in [3.63, 3.8) is 0 Å². The Morgan fingerprint density at radius 1 is 1.12 bits per heavy atom. The average molecular weight is 345 g/mol. The lowest BCUT2D eigenvalue weighted by Crippen LogP contribution is -2.46. The van der Waals surface area contributed by atoms with Gasteiger partial charge in [0.15, 0.2) is 0 Å². The van der Waals surface area contributed by atoms with E-state index in [1.807, 2.05) is 27.7 Å². The van der Waals surface area contributed by atoms with Crippen LogP contribution in [-0.4, -0.2) is 21.1 Å². The van der Waals surface area contributed by atoms with Gasteiger partial charge in [-0.2, -0.15) is 0 Å². The molecule has 6 nitrogen and oxygen atoms in total. The van der Waals surface area contributed by atoms with Crippen LogP contribution in [0.2, 0.25) is 0 Å². The number of nitrogens with zero attached hydrogens (tertiary/aromatic N) is 2. The normalized spacial score (nSPS) is 13.6. The summed E-state index contributed by atoms with van der Waals surface area (Å²) in [4.78, 5) is 38.4. The molecule has 136 valence electrons. The van der Waals surface area contributed by atoms with Gasteiger partial charge in [-0.25, -0.2) is 4.79 Å². The first-order chi connectivity index (χ1) is 12.0. The van der Waals surface area contributed by atoms with E-state index in [1.54, 1.807) is 24.3 Å². The molecule has 0 bridgehead atoms. The molecule has 1 aromatic carbocycles. The van der Waals surface area contributed by atoms with Crippen LogP contribution in [0.25, 0.3) is 10.9 Å². The zero-order valence-corrected chi connectivity index (χ0v) is 15.4. The van der Waals surface area contributed by atoms with E-state index in [1.165, 1.54) is 9.13 Å². The maximum Gasteiger partial charge on any atom is 0.332 e. The maximum atomic E-state index is 13.0. The summed E-state index contributed by atoms with van der Waals surface area (Å²) in [6.45, 7) is 8.06. The summed E-state index contributed by atoms with van der Waals surface area (Å²) in [5, 5.41) is 3.41. The number of aromatic nitrogens is 2. The van der Waals surface area contributed by atoms with Gasteiger partial charge < -0.3 is 5.32 Å². The fourth-order valence-corrected chi connectivity index (χ4v) is 2.98. The van der Waals surface area contributed by atoms with Gasteiger partial charge in [-0.15, -0.1) is 0 Å². The van der Waals surface area contributed by atoms with E-state index < -0.39 is 11.7 Å². The molecule has 0 saturated heterocycles. The van der Waals surface area contributed by atoms with Crippen LogP contribution in [0, 0.1) is 0 Å². The number of rotatable bonds is 7. The van der Waals surface area contributed by atoms with Gasteiger partial charge in [0.25, 0.3) is 5.56 Å². The van der Waals surface area contributed by atoms with E-state index >= 15 is 0 Å². The van der Waals surface area contributed by atoms with E-state index in [9.17, 15) is 14.4 Å². The van der Waals surface area contributed by atoms with E-state index in [0.29, 0.717) is 30.3 Å². The predicted octanol–water partition coefficient (Wildman–Crippen LogP) is 2.44. The molecular weight excluding hydrogens is 318 g/mol. The van der Waals surface area contributed by atoms with E-state index in [0.717, 1.165) is 6.42 Å². The van der Waals surface area contributed by atoms with E-state index in [2.05, 4.69) is 5.32 Å². The van der Waals surface area contributed by atoms with Gasteiger partial charge in [0.2, 0.25) is 5.91 Å². The number of amides is 1. The number of benzene rings is 1. The predicted molar refractivity (Wildman–Crippen MR) is 100.0 cm³/mol. The zero-order valence-electron chi connectivity index (χ0n) is 15.4. The molecule has 0 aliphatic rings. The Bertz CT molecular complexity index is 866. The molecule has 1 heterocycles. The molecule has 2 rings (SSSR count). The molecule has 1 N–H and O–H groups in total. The molecule has 0 aliphatic carbocycles. The Labute approximate surface area is 147 Å². The molecule has 25 heavy (non-hydrogen) atoms. The largest absolute Gasteiger partial charge is 0.352 e. The zero-order chi connectivity index (χ0) is 18.6. The van der Waals surface area contributed by atoms with Crippen LogP contribution in [0.1, 0.15) is 53.0 Å². The standard InChI is InChI=1S/C19H27N3O3/c1-5-12-21-18(24)14-10-8-9-11-16(14)22(19(21)25)15(7-3)17(23)20-13(4)6-2/h8-11,13,15H,5-7,12H2,1-4H3,(H,20,23). The number of hydrogen-bond donors (Lipinski definition) is 1. The van der Waals surface area contributed by atoms with Crippen molar-refractivity contribution in [1.29, 1.82) is 0 Å².